The van der Waals surface area contributed by atoms with Crippen molar-refractivity contribution < 1.29 is 5.11 Å². The SMILES string of the molecule is NCC(c1ccc(Br)s1)N1CCCC1CO. The van der Waals surface area contributed by atoms with E-state index in [1.165, 1.54) is 4.88 Å². The standard InChI is InChI=1S/C11H17BrN2OS/c12-11-4-3-10(16-11)9(6-13)14-5-1-2-8(14)7-15/h3-4,8-9,15H,1-2,5-7,13H2. The largest absolute Gasteiger partial charge is 0.395 e. The second-order valence-corrected chi connectivity index (χ2v) is 6.60. The third-order valence-corrected chi connectivity index (χ3v) is 4.90. The average Bonchev–Trinajstić information content (AvgIpc) is 2.89. The minimum absolute atomic E-state index is 0.239. The molecular weight excluding hydrogens is 288 g/mol. The molecule has 0 amide bonds. The second-order valence-electron chi connectivity index (χ2n) is 4.11. The first kappa shape index (κ1) is 12.5. The predicted octanol–water partition coefficient (Wildman–Crippen LogP) is 1.97. The summed E-state index contributed by atoms with van der Waals surface area (Å²) in [4.78, 5) is 3.63. The molecule has 2 rings (SSSR count). The highest BCUT2D eigenvalue weighted by Crippen LogP contribution is 2.34. The lowest BCUT2D eigenvalue weighted by Gasteiger charge is -2.30. The Labute approximate surface area is 108 Å². The first-order valence-corrected chi connectivity index (χ1v) is 7.19. The molecule has 2 atom stereocenters. The molecule has 90 valence electrons. The third kappa shape index (κ3) is 2.49. The highest BCUT2D eigenvalue weighted by molar-refractivity contribution is 9.11. The summed E-state index contributed by atoms with van der Waals surface area (Å²) in [6.07, 6.45) is 2.24. The van der Waals surface area contributed by atoms with E-state index in [1.807, 2.05) is 0 Å². The Morgan fingerprint density at radius 3 is 3.00 bits per heavy atom. The minimum Gasteiger partial charge on any atom is -0.395 e. The van der Waals surface area contributed by atoms with Crippen molar-refractivity contribution in [1.82, 2.24) is 4.90 Å². The van der Waals surface area contributed by atoms with Gasteiger partial charge in [-0.15, -0.1) is 11.3 Å². The lowest BCUT2D eigenvalue weighted by molar-refractivity contribution is 0.123. The number of aliphatic hydroxyl groups is 1. The molecule has 3 N–H and O–H groups in total. The zero-order valence-electron chi connectivity index (χ0n) is 9.10. The summed E-state index contributed by atoms with van der Waals surface area (Å²) >= 11 is 5.21. The van der Waals surface area contributed by atoms with Crippen molar-refractivity contribution in [3.63, 3.8) is 0 Å². The highest BCUT2D eigenvalue weighted by Gasteiger charge is 2.30. The van der Waals surface area contributed by atoms with Gasteiger partial charge in [-0.25, -0.2) is 0 Å². The topological polar surface area (TPSA) is 49.5 Å². The lowest BCUT2D eigenvalue weighted by Crippen LogP contribution is -2.38. The van der Waals surface area contributed by atoms with Crippen molar-refractivity contribution in [1.29, 1.82) is 0 Å². The van der Waals surface area contributed by atoms with Gasteiger partial charge in [0.1, 0.15) is 0 Å². The van der Waals surface area contributed by atoms with Crippen LogP contribution < -0.4 is 5.73 Å². The van der Waals surface area contributed by atoms with E-state index >= 15 is 0 Å². The summed E-state index contributed by atoms with van der Waals surface area (Å²) in [5, 5.41) is 9.34. The van der Waals surface area contributed by atoms with Crippen LogP contribution in [-0.2, 0) is 0 Å². The molecule has 1 fully saturated rings. The van der Waals surface area contributed by atoms with E-state index < -0.39 is 0 Å². The predicted molar refractivity (Wildman–Crippen MR) is 70.6 cm³/mol. The summed E-state index contributed by atoms with van der Waals surface area (Å²) < 4.78 is 1.14. The van der Waals surface area contributed by atoms with Crippen molar-refractivity contribution in [2.75, 3.05) is 19.7 Å². The molecule has 5 heteroatoms. The van der Waals surface area contributed by atoms with Crippen LogP contribution in [0.3, 0.4) is 0 Å². The summed E-state index contributed by atoms with van der Waals surface area (Å²) in [7, 11) is 0. The summed E-state index contributed by atoms with van der Waals surface area (Å²) in [5.74, 6) is 0. The van der Waals surface area contributed by atoms with E-state index in [4.69, 9.17) is 5.73 Å². The number of aliphatic hydroxyl groups excluding tert-OH is 1. The van der Waals surface area contributed by atoms with E-state index in [-0.39, 0.29) is 18.7 Å². The zero-order chi connectivity index (χ0) is 11.5. The van der Waals surface area contributed by atoms with Crippen molar-refractivity contribution in [2.45, 2.75) is 24.9 Å². The highest BCUT2D eigenvalue weighted by atomic mass is 79.9. The molecule has 3 nitrogen and oxygen atoms in total. The minimum atomic E-state index is 0.239. The number of halogens is 1. The maximum Gasteiger partial charge on any atom is 0.0702 e. The molecule has 2 heterocycles. The molecule has 0 spiro atoms. The Kier molecular flexibility index (Phi) is 4.38. The van der Waals surface area contributed by atoms with Crippen molar-refractivity contribution in [2.24, 2.45) is 5.73 Å². The van der Waals surface area contributed by atoms with Crippen molar-refractivity contribution in [3.05, 3.63) is 20.8 Å². The van der Waals surface area contributed by atoms with Crippen LogP contribution in [0.15, 0.2) is 15.9 Å². The fraction of sp³-hybridized carbons (Fsp3) is 0.636. The molecule has 0 aliphatic carbocycles. The number of hydrogen-bond donors (Lipinski definition) is 2. The first-order chi connectivity index (χ1) is 7.76. The quantitative estimate of drug-likeness (QED) is 0.894. The first-order valence-electron chi connectivity index (χ1n) is 5.58. The monoisotopic (exact) mass is 304 g/mol. The number of hydrogen-bond acceptors (Lipinski definition) is 4. The van der Waals surface area contributed by atoms with Gasteiger partial charge in [-0.05, 0) is 47.4 Å². The molecule has 0 saturated carbocycles. The zero-order valence-corrected chi connectivity index (χ0v) is 11.5. The van der Waals surface area contributed by atoms with Crippen LogP contribution in [0.1, 0.15) is 23.8 Å². The van der Waals surface area contributed by atoms with Crippen LogP contribution in [0.4, 0.5) is 0 Å². The van der Waals surface area contributed by atoms with Gasteiger partial charge in [0.05, 0.1) is 16.4 Å². The van der Waals surface area contributed by atoms with E-state index in [0.29, 0.717) is 6.54 Å². The molecule has 0 radical (unpaired) electrons. The lowest BCUT2D eigenvalue weighted by atomic mass is 10.1. The molecule has 0 aromatic carbocycles. The van der Waals surface area contributed by atoms with Gasteiger partial charge < -0.3 is 10.8 Å². The Morgan fingerprint density at radius 1 is 1.62 bits per heavy atom. The molecule has 1 aliphatic rings. The van der Waals surface area contributed by atoms with E-state index in [2.05, 4.69) is 33.0 Å². The summed E-state index contributed by atoms with van der Waals surface area (Å²) in [5.41, 5.74) is 5.88. The Bertz CT molecular complexity index is 344. The van der Waals surface area contributed by atoms with Crippen LogP contribution in [-0.4, -0.2) is 35.7 Å². The maximum absolute atomic E-state index is 9.34. The van der Waals surface area contributed by atoms with Crippen LogP contribution in [0.2, 0.25) is 0 Å². The average molecular weight is 305 g/mol. The van der Waals surface area contributed by atoms with Gasteiger partial charge in [-0.2, -0.15) is 0 Å². The van der Waals surface area contributed by atoms with Crippen LogP contribution in [0.5, 0.6) is 0 Å². The van der Waals surface area contributed by atoms with Gasteiger partial charge in [0.25, 0.3) is 0 Å². The number of thiophene rings is 1. The van der Waals surface area contributed by atoms with Crippen molar-refractivity contribution in [3.8, 4) is 0 Å². The normalized spacial score (nSPS) is 23.8. The molecule has 1 aromatic heterocycles. The van der Waals surface area contributed by atoms with Crippen LogP contribution in [0.25, 0.3) is 0 Å². The Morgan fingerprint density at radius 2 is 2.44 bits per heavy atom. The Hall–Kier alpha value is 0.0600. The molecule has 2 unspecified atom stereocenters. The van der Waals surface area contributed by atoms with Crippen LogP contribution in [0, 0.1) is 0 Å². The molecule has 16 heavy (non-hydrogen) atoms. The maximum atomic E-state index is 9.34. The smallest absolute Gasteiger partial charge is 0.0702 e. The number of nitrogens with two attached hydrogens (primary N) is 1. The molecule has 1 saturated heterocycles. The van der Waals surface area contributed by atoms with Crippen molar-refractivity contribution >= 4 is 27.3 Å². The van der Waals surface area contributed by atoms with Gasteiger partial charge in [0.15, 0.2) is 0 Å². The van der Waals surface area contributed by atoms with E-state index in [0.717, 1.165) is 23.2 Å². The van der Waals surface area contributed by atoms with Gasteiger partial charge >= 0.3 is 0 Å². The summed E-state index contributed by atoms with van der Waals surface area (Å²) in [6.45, 7) is 1.90. The van der Waals surface area contributed by atoms with Gasteiger partial charge in [-0.1, -0.05) is 0 Å². The number of rotatable bonds is 4. The Balaban J connectivity index is 2.15. The molecular formula is C11H17BrN2OS. The number of likely N-dealkylation sites (tertiary alicyclic amines) is 1. The summed E-state index contributed by atoms with van der Waals surface area (Å²) in [6, 6.07) is 4.73. The molecule has 1 aromatic rings. The third-order valence-electron chi connectivity index (χ3n) is 3.18. The number of nitrogens with zero attached hydrogens (tertiary/aromatic N) is 1. The van der Waals surface area contributed by atoms with E-state index in [9.17, 15) is 5.11 Å². The van der Waals surface area contributed by atoms with Gasteiger partial charge in [0, 0.05) is 17.5 Å². The molecule has 1 aliphatic heterocycles. The second kappa shape index (κ2) is 5.60. The van der Waals surface area contributed by atoms with Gasteiger partial charge in [-0.3, -0.25) is 4.90 Å². The van der Waals surface area contributed by atoms with E-state index in [1.54, 1.807) is 11.3 Å². The van der Waals surface area contributed by atoms with Gasteiger partial charge in [0.2, 0.25) is 0 Å². The fourth-order valence-corrected chi connectivity index (χ4v) is 3.94. The van der Waals surface area contributed by atoms with Crippen LogP contribution >= 0.6 is 27.3 Å². The molecule has 0 bridgehead atoms. The fourth-order valence-electron chi connectivity index (χ4n) is 2.39.